The average Bonchev–Trinajstić information content (AvgIpc) is 2.35. The number of methoxy groups -OCH3 is 1. The Kier molecular flexibility index (Phi) is 8.10. The van der Waals surface area contributed by atoms with Crippen LogP contribution >= 0.6 is 23.2 Å². The fraction of sp³-hybridized carbons (Fsp3) is 0.429. The van der Waals surface area contributed by atoms with Gasteiger partial charge in [-0.2, -0.15) is 0 Å². The molecule has 0 aromatic heterocycles. The third-order valence-electron chi connectivity index (χ3n) is 2.49. The highest BCUT2D eigenvalue weighted by molar-refractivity contribution is 6.35. The average molecular weight is 288 g/mol. The molecule has 1 aromatic carbocycles. The van der Waals surface area contributed by atoms with E-state index in [0.717, 1.165) is 43.1 Å². The quantitative estimate of drug-likeness (QED) is 0.581. The second-order valence-corrected chi connectivity index (χ2v) is 4.79. The molecule has 0 aliphatic carbocycles. The number of benzene rings is 1. The molecular weight excluding hydrogens is 269 g/mol. The van der Waals surface area contributed by atoms with Crippen molar-refractivity contribution in [3.63, 3.8) is 0 Å². The molecule has 2 nitrogen and oxygen atoms in total. The summed E-state index contributed by atoms with van der Waals surface area (Å²) in [5.74, 6) is 0. The molecular formula is C14H19Cl2NO. The minimum absolute atomic E-state index is 0.676. The van der Waals surface area contributed by atoms with E-state index in [4.69, 9.17) is 27.9 Å². The molecule has 0 aliphatic heterocycles. The summed E-state index contributed by atoms with van der Waals surface area (Å²) in [4.78, 5) is 0. The zero-order valence-corrected chi connectivity index (χ0v) is 12.1. The van der Waals surface area contributed by atoms with Crippen LogP contribution in [0.3, 0.4) is 0 Å². The highest BCUT2D eigenvalue weighted by atomic mass is 35.5. The van der Waals surface area contributed by atoms with Crippen LogP contribution in [0.1, 0.15) is 12.0 Å². The van der Waals surface area contributed by atoms with Crippen LogP contribution < -0.4 is 5.32 Å². The molecule has 0 aliphatic rings. The molecule has 0 heterocycles. The van der Waals surface area contributed by atoms with Gasteiger partial charge in [-0.25, -0.2) is 0 Å². The van der Waals surface area contributed by atoms with Crippen LogP contribution in [0.15, 0.2) is 30.4 Å². The summed E-state index contributed by atoms with van der Waals surface area (Å²) < 4.78 is 4.94. The third-order valence-corrected chi connectivity index (χ3v) is 3.08. The van der Waals surface area contributed by atoms with E-state index in [0.29, 0.717) is 5.02 Å². The van der Waals surface area contributed by atoms with Crippen LogP contribution in [0.2, 0.25) is 10.0 Å². The van der Waals surface area contributed by atoms with Gasteiger partial charge in [-0.3, -0.25) is 0 Å². The predicted octanol–water partition coefficient (Wildman–Crippen LogP) is 3.72. The normalized spacial score (nSPS) is 11.3. The summed E-state index contributed by atoms with van der Waals surface area (Å²) >= 11 is 11.9. The predicted molar refractivity (Wildman–Crippen MR) is 78.7 cm³/mol. The van der Waals surface area contributed by atoms with Gasteiger partial charge in [0.1, 0.15) is 0 Å². The zero-order chi connectivity index (χ0) is 13.2. The van der Waals surface area contributed by atoms with Crippen LogP contribution in [0, 0.1) is 0 Å². The first-order chi connectivity index (χ1) is 8.74. The first kappa shape index (κ1) is 15.5. The summed E-state index contributed by atoms with van der Waals surface area (Å²) in [6.45, 7) is 2.62. The lowest BCUT2D eigenvalue weighted by atomic mass is 10.1. The number of halogens is 2. The zero-order valence-electron chi connectivity index (χ0n) is 10.6. The van der Waals surface area contributed by atoms with Crippen LogP contribution in [0.25, 0.3) is 0 Å². The van der Waals surface area contributed by atoms with Crippen molar-refractivity contribution in [2.24, 2.45) is 0 Å². The molecule has 18 heavy (non-hydrogen) atoms. The van der Waals surface area contributed by atoms with Gasteiger partial charge in [0.15, 0.2) is 0 Å². The maximum absolute atomic E-state index is 6.08. The molecule has 0 saturated heterocycles. The van der Waals surface area contributed by atoms with Crippen molar-refractivity contribution in [1.82, 2.24) is 5.32 Å². The number of hydrogen-bond donors (Lipinski definition) is 1. The van der Waals surface area contributed by atoms with Gasteiger partial charge in [-0.1, -0.05) is 41.4 Å². The highest BCUT2D eigenvalue weighted by Gasteiger charge is 1.98. The fourth-order valence-corrected chi connectivity index (χ4v) is 1.99. The van der Waals surface area contributed by atoms with Crippen molar-refractivity contribution in [3.05, 3.63) is 46.0 Å². The largest absolute Gasteiger partial charge is 0.383 e. The summed E-state index contributed by atoms with van der Waals surface area (Å²) in [5.41, 5.74) is 1.10. The van der Waals surface area contributed by atoms with Gasteiger partial charge in [-0.05, 0) is 37.1 Å². The van der Waals surface area contributed by atoms with Gasteiger partial charge >= 0.3 is 0 Å². The second-order valence-electron chi connectivity index (χ2n) is 3.94. The Labute approximate surface area is 119 Å². The smallest absolute Gasteiger partial charge is 0.0587 e. The van der Waals surface area contributed by atoms with Crippen LogP contribution in [-0.2, 0) is 11.2 Å². The molecule has 0 fully saturated rings. The van der Waals surface area contributed by atoms with Gasteiger partial charge in [0, 0.05) is 23.7 Å². The van der Waals surface area contributed by atoms with E-state index in [-0.39, 0.29) is 0 Å². The van der Waals surface area contributed by atoms with Crippen molar-refractivity contribution in [2.75, 3.05) is 26.8 Å². The van der Waals surface area contributed by atoms with Gasteiger partial charge in [-0.15, -0.1) is 0 Å². The van der Waals surface area contributed by atoms with Crippen molar-refractivity contribution in [1.29, 1.82) is 0 Å². The van der Waals surface area contributed by atoms with Crippen LogP contribution in [0.5, 0.6) is 0 Å². The van der Waals surface area contributed by atoms with Crippen molar-refractivity contribution < 1.29 is 4.74 Å². The summed E-state index contributed by atoms with van der Waals surface area (Å²) in [5, 5.41) is 4.69. The Bertz CT molecular complexity index is 380. The van der Waals surface area contributed by atoms with E-state index in [2.05, 4.69) is 17.5 Å². The Morgan fingerprint density at radius 2 is 2.06 bits per heavy atom. The molecule has 0 atom stereocenters. The molecule has 1 aromatic rings. The molecule has 1 N–H and O–H groups in total. The van der Waals surface area contributed by atoms with Crippen LogP contribution in [-0.4, -0.2) is 26.8 Å². The summed E-state index contributed by atoms with van der Waals surface area (Å²) in [7, 11) is 1.71. The molecule has 0 radical (unpaired) electrons. The minimum atomic E-state index is 0.676. The SMILES string of the molecule is COCCNCCC=CCc1ccc(Cl)cc1Cl. The Morgan fingerprint density at radius 1 is 1.22 bits per heavy atom. The Balaban J connectivity index is 2.20. The Hall–Kier alpha value is -0.540. The van der Waals surface area contributed by atoms with Crippen molar-refractivity contribution >= 4 is 23.2 Å². The minimum Gasteiger partial charge on any atom is -0.383 e. The Morgan fingerprint density at radius 3 is 2.78 bits per heavy atom. The lowest BCUT2D eigenvalue weighted by molar-refractivity contribution is 0.199. The topological polar surface area (TPSA) is 21.3 Å². The third kappa shape index (κ3) is 6.41. The lowest BCUT2D eigenvalue weighted by Crippen LogP contribution is -2.19. The number of nitrogens with one attached hydrogen (secondary N) is 1. The van der Waals surface area contributed by atoms with E-state index in [1.807, 2.05) is 12.1 Å². The first-order valence-corrected chi connectivity index (χ1v) is 6.78. The van der Waals surface area contributed by atoms with E-state index < -0.39 is 0 Å². The molecule has 0 spiro atoms. The number of allylic oxidation sites excluding steroid dienone is 1. The monoisotopic (exact) mass is 287 g/mol. The summed E-state index contributed by atoms with van der Waals surface area (Å²) in [6, 6.07) is 5.60. The molecule has 0 saturated carbocycles. The number of hydrogen-bond acceptors (Lipinski definition) is 2. The van der Waals surface area contributed by atoms with Gasteiger partial charge in [0.05, 0.1) is 6.61 Å². The summed E-state index contributed by atoms with van der Waals surface area (Å²) in [6.07, 6.45) is 6.14. The van der Waals surface area contributed by atoms with E-state index in [9.17, 15) is 0 Å². The maximum atomic E-state index is 6.08. The molecule has 100 valence electrons. The fourth-order valence-electron chi connectivity index (χ4n) is 1.50. The van der Waals surface area contributed by atoms with E-state index >= 15 is 0 Å². The highest BCUT2D eigenvalue weighted by Crippen LogP contribution is 2.21. The van der Waals surface area contributed by atoms with Crippen LogP contribution in [0.4, 0.5) is 0 Å². The van der Waals surface area contributed by atoms with Crippen molar-refractivity contribution in [3.8, 4) is 0 Å². The van der Waals surface area contributed by atoms with Gasteiger partial charge in [0.2, 0.25) is 0 Å². The second kappa shape index (κ2) is 9.40. The van der Waals surface area contributed by atoms with Crippen molar-refractivity contribution in [2.45, 2.75) is 12.8 Å². The van der Waals surface area contributed by atoms with Gasteiger partial charge in [0.25, 0.3) is 0 Å². The number of rotatable bonds is 8. The molecule has 4 heteroatoms. The maximum Gasteiger partial charge on any atom is 0.0587 e. The molecule has 0 unspecified atom stereocenters. The molecule has 0 amide bonds. The molecule has 0 bridgehead atoms. The molecule has 1 rings (SSSR count). The number of ether oxygens (including phenoxy) is 1. The first-order valence-electron chi connectivity index (χ1n) is 6.02. The van der Waals surface area contributed by atoms with E-state index in [1.165, 1.54) is 0 Å². The van der Waals surface area contributed by atoms with Gasteiger partial charge < -0.3 is 10.1 Å². The standard InChI is InChI=1S/C14H19Cl2NO/c1-18-10-9-17-8-4-2-3-5-12-6-7-13(15)11-14(12)16/h2-3,6-7,11,17H,4-5,8-10H2,1H3. The lowest BCUT2D eigenvalue weighted by Gasteiger charge is -2.02. The van der Waals surface area contributed by atoms with E-state index in [1.54, 1.807) is 13.2 Å².